The first-order valence-corrected chi connectivity index (χ1v) is 7.89. The van der Waals surface area contributed by atoms with Gasteiger partial charge in [-0.05, 0) is 38.0 Å². The summed E-state index contributed by atoms with van der Waals surface area (Å²) in [6.07, 6.45) is 8.77. The zero-order valence-electron chi connectivity index (χ0n) is 13.3. The molecule has 1 heterocycles. The first-order valence-electron chi connectivity index (χ1n) is 7.89. The maximum Gasteiger partial charge on any atom is 0.345 e. The number of carbonyl (C=O) groups is 1. The summed E-state index contributed by atoms with van der Waals surface area (Å²) in [5.41, 5.74) is 1.03. The lowest BCUT2D eigenvalue weighted by atomic mass is 9.93. The van der Waals surface area contributed by atoms with E-state index in [1.165, 1.54) is 0 Å². The summed E-state index contributed by atoms with van der Waals surface area (Å²) in [6.45, 7) is 4.00. The summed E-state index contributed by atoms with van der Waals surface area (Å²) in [5.74, 6) is 0.0135. The molecule has 6 heteroatoms. The Hall–Kier alpha value is -1.43. The molecule has 2 atom stereocenters. The van der Waals surface area contributed by atoms with Crippen LogP contribution in [0.2, 0.25) is 0 Å². The molecule has 0 spiro atoms. The Kier molecular flexibility index (Phi) is 7.97. The molecule has 1 aromatic rings. The molecule has 2 rings (SSSR count). The van der Waals surface area contributed by atoms with Gasteiger partial charge in [-0.15, -0.1) is 5.10 Å². The quantitative estimate of drug-likeness (QED) is 0.525. The van der Waals surface area contributed by atoms with Gasteiger partial charge in [0.2, 0.25) is 0 Å². The van der Waals surface area contributed by atoms with Crippen LogP contribution < -0.4 is 0 Å². The minimum Gasteiger partial charge on any atom is -0.301 e. The monoisotopic (exact) mass is 297 g/mol. The Balaban J connectivity index is 0.00000106. The maximum atomic E-state index is 11.3. The lowest BCUT2D eigenvalue weighted by Crippen LogP contribution is -2.15. The van der Waals surface area contributed by atoms with Crippen LogP contribution in [0.15, 0.2) is 6.20 Å². The third kappa shape index (κ3) is 5.83. The molecule has 0 radical (unpaired) electrons. The van der Waals surface area contributed by atoms with Crippen LogP contribution in [-0.4, -0.2) is 26.2 Å². The standard InChI is InChI=1S/C13H21N3O3.C2H6/c1-16-9-12(14-15-16)8-6-10-3-2-4-11(7-5-10)13(17)19-18;1-2/h9-11,18H,2-8H2,1H3;1-2H3. The van der Waals surface area contributed by atoms with Crippen molar-refractivity contribution in [3.05, 3.63) is 11.9 Å². The van der Waals surface area contributed by atoms with E-state index in [0.29, 0.717) is 5.92 Å². The highest BCUT2D eigenvalue weighted by Gasteiger charge is 2.25. The molecule has 0 aromatic carbocycles. The van der Waals surface area contributed by atoms with Crippen LogP contribution >= 0.6 is 0 Å². The van der Waals surface area contributed by atoms with Crippen molar-refractivity contribution in [2.24, 2.45) is 18.9 Å². The van der Waals surface area contributed by atoms with Crippen LogP contribution in [0.1, 0.15) is 58.1 Å². The number of aryl methyl sites for hydroxylation is 2. The molecule has 1 fully saturated rings. The zero-order chi connectivity index (χ0) is 15.7. The fraction of sp³-hybridized carbons (Fsp3) is 0.800. The molecular weight excluding hydrogens is 270 g/mol. The van der Waals surface area contributed by atoms with Gasteiger partial charge in [0.25, 0.3) is 0 Å². The molecule has 1 saturated carbocycles. The van der Waals surface area contributed by atoms with Crippen molar-refractivity contribution in [2.45, 2.75) is 58.8 Å². The van der Waals surface area contributed by atoms with Gasteiger partial charge in [0, 0.05) is 13.2 Å². The molecular formula is C15H27N3O3. The van der Waals surface area contributed by atoms with Crippen molar-refractivity contribution in [2.75, 3.05) is 0 Å². The summed E-state index contributed by atoms with van der Waals surface area (Å²) in [7, 11) is 1.87. The van der Waals surface area contributed by atoms with Gasteiger partial charge >= 0.3 is 5.97 Å². The van der Waals surface area contributed by atoms with Gasteiger partial charge < -0.3 is 4.89 Å². The Labute approximate surface area is 126 Å². The molecule has 1 aliphatic carbocycles. The lowest BCUT2D eigenvalue weighted by Gasteiger charge is -2.12. The SMILES string of the molecule is CC.Cn1cc(CCC2CCCC(C(=O)OO)CC2)nn1. The second-order valence-electron chi connectivity index (χ2n) is 5.40. The highest BCUT2D eigenvalue weighted by atomic mass is 17.1. The lowest BCUT2D eigenvalue weighted by molar-refractivity contribution is -0.239. The highest BCUT2D eigenvalue weighted by molar-refractivity contribution is 5.71. The number of rotatable bonds is 4. The Morgan fingerprint density at radius 3 is 2.76 bits per heavy atom. The van der Waals surface area contributed by atoms with E-state index in [0.717, 1.165) is 50.6 Å². The van der Waals surface area contributed by atoms with E-state index in [1.807, 2.05) is 27.1 Å². The summed E-state index contributed by atoms with van der Waals surface area (Å²) in [5, 5.41) is 16.4. The number of hydrogen-bond acceptors (Lipinski definition) is 5. The van der Waals surface area contributed by atoms with Gasteiger partial charge in [-0.3, -0.25) is 4.68 Å². The highest BCUT2D eigenvalue weighted by Crippen LogP contribution is 2.30. The summed E-state index contributed by atoms with van der Waals surface area (Å²) >= 11 is 0. The molecule has 1 aromatic heterocycles. The van der Waals surface area contributed by atoms with E-state index < -0.39 is 5.97 Å². The first kappa shape index (κ1) is 17.6. The molecule has 1 aliphatic rings. The van der Waals surface area contributed by atoms with E-state index in [-0.39, 0.29) is 5.92 Å². The predicted octanol–water partition coefficient (Wildman–Crippen LogP) is 2.99. The minimum absolute atomic E-state index is 0.133. The molecule has 0 aliphatic heterocycles. The fourth-order valence-electron chi connectivity index (χ4n) is 2.84. The summed E-state index contributed by atoms with van der Waals surface area (Å²) in [6, 6.07) is 0. The van der Waals surface area contributed by atoms with Gasteiger partial charge in [0.1, 0.15) is 0 Å². The van der Waals surface area contributed by atoms with Crippen LogP contribution in [0.5, 0.6) is 0 Å². The molecule has 0 amide bonds. The third-order valence-corrected chi connectivity index (χ3v) is 3.97. The van der Waals surface area contributed by atoms with Crippen molar-refractivity contribution in [1.29, 1.82) is 0 Å². The fourth-order valence-corrected chi connectivity index (χ4v) is 2.84. The van der Waals surface area contributed by atoms with Crippen LogP contribution in [0.4, 0.5) is 0 Å². The summed E-state index contributed by atoms with van der Waals surface area (Å²) in [4.78, 5) is 15.2. The average Bonchev–Trinajstić information content (AvgIpc) is 2.79. The minimum atomic E-state index is -0.477. The molecule has 21 heavy (non-hydrogen) atoms. The largest absolute Gasteiger partial charge is 0.345 e. The first-order chi connectivity index (χ1) is 10.2. The van der Waals surface area contributed by atoms with E-state index in [4.69, 9.17) is 5.26 Å². The Morgan fingerprint density at radius 1 is 1.38 bits per heavy atom. The second kappa shape index (κ2) is 9.50. The molecule has 2 unspecified atom stereocenters. The Morgan fingerprint density at radius 2 is 2.14 bits per heavy atom. The van der Waals surface area contributed by atoms with Crippen LogP contribution in [0.3, 0.4) is 0 Å². The van der Waals surface area contributed by atoms with Crippen molar-refractivity contribution < 1.29 is 14.9 Å². The van der Waals surface area contributed by atoms with Crippen LogP contribution in [0, 0.1) is 11.8 Å². The molecule has 1 N–H and O–H groups in total. The molecule has 0 saturated heterocycles. The topological polar surface area (TPSA) is 77.2 Å². The molecule has 120 valence electrons. The van der Waals surface area contributed by atoms with Gasteiger partial charge in [-0.1, -0.05) is 31.9 Å². The van der Waals surface area contributed by atoms with Crippen LogP contribution in [-0.2, 0) is 23.2 Å². The molecule has 0 bridgehead atoms. The van der Waals surface area contributed by atoms with E-state index >= 15 is 0 Å². The van der Waals surface area contributed by atoms with Gasteiger partial charge in [0.15, 0.2) is 0 Å². The smallest absolute Gasteiger partial charge is 0.301 e. The van der Waals surface area contributed by atoms with E-state index in [2.05, 4.69) is 15.2 Å². The summed E-state index contributed by atoms with van der Waals surface area (Å²) < 4.78 is 1.72. The van der Waals surface area contributed by atoms with Crippen LogP contribution in [0.25, 0.3) is 0 Å². The Bertz CT molecular complexity index is 420. The third-order valence-electron chi connectivity index (χ3n) is 3.97. The number of nitrogens with zero attached hydrogens (tertiary/aromatic N) is 3. The van der Waals surface area contributed by atoms with E-state index in [1.54, 1.807) is 4.68 Å². The van der Waals surface area contributed by atoms with Gasteiger partial charge in [-0.2, -0.15) is 5.26 Å². The predicted molar refractivity (Wildman–Crippen MR) is 79.5 cm³/mol. The zero-order valence-corrected chi connectivity index (χ0v) is 13.3. The van der Waals surface area contributed by atoms with Crippen molar-refractivity contribution in [3.8, 4) is 0 Å². The average molecular weight is 297 g/mol. The normalized spacial score (nSPS) is 21.9. The number of carbonyl (C=O) groups excluding carboxylic acids is 1. The van der Waals surface area contributed by atoms with Gasteiger partial charge in [-0.25, -0.2) is 4.79 Å². The van der Waals surface area contributed by atoms with E-state index in [9.17, 15) is 4.79 Å². The number of aromatic nitrogens is 3. The molecule has 6 nitrogen and oxygen atoms in total. The second-order valence-corrected chi connectivity index (χ2v) is 5.40. The number of hydrogen-bond donors (Lipinski definition) is 1. The van der Waals surface area contributed by atoms with Crippen molar-refractivity contribution >= 4 is 5.97 Å². The maximum absolute atomic E-state index is 11.3. The van der Waals surface area contributed by atoms with Crippen molar-refractivity contribution in [1.82, 2.24) is 15.0 Å². The van der Waals surface area contributed by atoms with Crippen molar-refractivity contribution in [3.63, 3.8) is 0 Å². The van der Waals surface area contributed by atoms with Gasteiger partial charge in [0.05, 0.1) is 11.6 Å².